The monoisotopic (exact) mass is 246 g/mol. The minimum absolute atomic E-state index is 0. The normalized spacial score (nSPS) is 8.42. The van der Waals surface area contributed by atoms with Crippen LogP contribution in [-0.2, 0) is 6.54 Å². The first kappa shape index (κ1) is 11.4. The lowest BCUT2D eigenvalue weighted by Crippen LogP contribution is -1.97. The molecule has 0 radical (unpaired) electrons. The molecule has 0 unspecified atom stereocenters. The Balaban J connectivity index is 0.00000121. The molecule has 0 fully saturated rings. The van der Waals surface area contributed by atoms with Gasteiger partial charge in [0, 0.05) is 11.0 Å². The standard InChI is InChI=1S/C8H7BrN2.ClH/c9-8-3-6(4-10)1-2-7(8)5-11;/h1-3H,5,11H2;1H. The van der Waals surface area contributed by atoms with Gasteiger partial charge in [0.25, 0.3) is 0 Å². The van der Waals surface area contributed by atoms with Crippen LogP contribution in [0.2, 0.25) is 0 Å². The maximum absolute atomic E-state index is 8.52. The van der Waals surface area contributed by atoms with E-state index in [2.05, 4.69) is 15.9 Å². The number of benzene rings is 1. The van der Waals surface area contributed by atoms with Gasteiger partial charge in [0.15, 0.2) is 0 Å². The molecule has 0 saturated heterocycles. The Morgan fingerprint density at radius 3 is 2.58 bits per heavy atom. The van der Waals surface area contributed by atoms with Crippen molar-refractivity contribution in [3.8, 4) is 6.07 Å². The van der Waals surface area contributed by atoms with Crippen molar-refractivity contribution in [3.63, 3.8) is 0 Å². The van der Waals surface area contributed by atoms with Crippen LogP contribution in [0.5, 0.6) is 0 Å². The third-order valence-electron chi connectivity index (χ3n) is 1.40. The second kappa shape index (κ2) is 5.15. The summed E-state index contributed by atoms with van der Waals surface area (Å²) < 4.78 is 0.902. The molecule has 12 heavy (non-hydrogen) atoms. The van der Waals surface area contributed by atoms with Gasteiger partial charge in [0.05, 0.1) is 11.6 Å². The van der Waals surface area contributed by atoms with Crippen molar-refractivity contribution in [1.82, 2.24) is 0 Å². The summed E-state index contributed by atoms with van der Waals surface area (Å²) in [6, 6.07) is 7.42. The Morgan fingerprint density at radius 1 is 1.50 bits per heavy atom. The molecule has 0 aliphatic rings. The van der Waals surface area contributed by atoms with Gasteiger partial charge < -0.3 is 5.73 Å². The predicted octanol–water partition coefficient (Wildman–Crippen LogP) is 2.20. The van der Waals surface area contributed by atoms with E-state index in [1.807, 2.05) is 12.1 Å². The largest absolute Gasteiger partial charge is 0.326 e. The topological polar surface area (TPSA) is 49.8 Å². The maximum Gasteiger partial charge on any atom is 0.0992 e. The zero-order valence-corrected chi connectivity index (χ0v) is 8.65. The van der Waals surface area contributed by atoms with E-state index in [0.29, 0.717) is 12.1 Å². The highest BCUT2D eigenvalue weighted by atomic mass is 79.9. The molecule has 1 rings (SSSR count). The molecule has 1 aromatic carbocycles. The second-order valence-corrected chi connectivity index (χ2v) is 2.98. The lowest BCUT2D eigenvalue weighted by atomic mass is 10.1. The molecule has 0 aliphatic heterocycles. The summed E-state index contributed by atoms with van der Waals surface area (Å²) in [5, 5.41) is 8.52. The number of rotatable bonds is 1. The Hall–Kier alpha value is -0.560. The Bertz CT molecular complexity index is 306. The van der Waals surface area contributed by atoms with Gasteiger partial charge in [0.2, 0.25) is 0 Å². The van der Waals surface area contributed by atoms with E-state index in [1.165, 1.54) is 0 Å². The van der Waals surface area contributed by atoms with Gasteiger partial charge >= 0.3 is 0 Å². The van der Waals surface area contributed by atoms with E-state index < -0.39 is 0 Å². The van der Waals surface area contributed by atoms with Gasteiger partial charge in [-0.15, -0.1) is 12.4 Å². The van der Waals surface area contributed by atoms with Crippen LogP contribution < -0.4 is 5.73 Å². The van der Waals surface area contributed by atoms with E-state index in [4.69, 9.17) is 11.0 Å². The third kappa shape index (κ3) is 2.49. The highest BCUT2D eigenvalue weighted by Crippen LogP contribution is 2.17. The summed E-state index contributed by atoms with van der Waals surface area (Å²) in [5.74, 6) is 0. The Morgan fingerprint density at radius 2 is 2.17 bits per heavy atom. The first-order valence-electron chi connectivity index (χ1n) is 3.16. The van der Waals surface area contributed by atoms with Crippen LogP contribution in [0.1, 0.15) is 11.1 Å². The van der Waals surface area contributed by atoms with Gasteiger partial charge in [-0.2, -0.15) is 5.26 Å². The number of hydrogen-bond donors (Lipinski definition) is 1. The van der Waals surface area contributed by atoms with E-state index >= 15 is 0 Å². The number of nitriles is 1. The van der Waals surface area contributed by atoms with Crippen LogP contribution in [0.25, 0.3) is 0 Å². The summed E-state index contributed by atoms with van der Waals surface area (Å²) in [6.45, 7) is 0.492. The van der Waals surface area contributed by atoms with Crippen molar-refractivity contribution >= 4 is 28.3 Å². The van der Waals surface area contributed by atoms with Crippen molar-refractivity contribution in [2.24, 2.45) is 5.73 Å². The zero-order chi connectivity index (χ0) is 8.27. The fourth-order valence-corrected chi connectivity index (χ4v) is 1.32. The van der Waals surface area contributed by atoms with E-state index in [9.17, 15) is 0 Å². The van der Waals surface area contributed by atoms with E-state index in [0.717, 1.165) is 10.0 Å². The van der Waals surface area contributed by atoms with Crippen LogP contribution in [-0.4, -0.2) is 0 Å². The van der Waals surface area contributed by atoms with Crippen molar-refractivity contribution in [2.45, 2.75) is 6.54 Å². The molecular weight excluding hydrogens is 239 g/mol. The molecule has 4 heteroatoms. The molecular formula is C8H8BrClN2. The summed E-state index contributed by atoms with van der Waals surface area (Å²) >= 11 is 3.32. The quantitative estimate of drug-likeness (QED) is 0.827. The molecule has 0 spiro atoms. The molecule has 0 aliphatic carbocycles. The molecule has 0 bridgehead atoms. The maximum atomic E-state index is 8.52. The minimum Gasteiger partial charge on any atom is -0.326 e. The third-order valence-corrected chi connectivity index (χ3v) is 2.14. The van der Waals surface area contributed by atoms with E-state index in [-0.39, 0.29) is 12.4 Å². The highest BCUT2D eigenvalue weighted by Gasteiger charge is 1.97. The average Bonchev–Trinajstić information content (AvgIpc) is 2.04. The van der Waals surface area contributed by atoms with Crippen LogP contribution in [0.3, 0.4) is 0 Å². The number of halogens is 2. The Kier molecular flexibility index (Phi) is 4.91. The zero-order valence-electron chi connectivity index (χ0n) is 6.25. The molecule has 0 atom stereocenters. The molecule has 2 N–H and O–H groups in total. The van der Waals surface area contributed by atoms with E-state index in [1.54, 1.807) is 12.1 Å². The second-order valence-electron chi connectivity index (χ2n) is 2.12. The van der Waals surface area contributed by atoms with Crippen LogP contribution >= 0.6 is 28.3 Å². The number of hydrogen-bond acceptors (Lipinski definition) is 2. The van der Waals surface area contributed by atoms with Gasteiger partial charge in [-0.25, -0.2) is 0 Å². The smallest absolute Gasteiger partial charge is 0.0992 e. The summed E-state index contributed by atoms with van der Waals surface area (Å²) in [5.41, 5.74) is 7.09. The average molecular weight is 248 g/mol. The Labute approximate surface area is 85.9 Å². The molecule has 0 saturated carbocycles. The fraction of sp³-hybridized carbons (Fsp3) is 0.125. The number of nitrogens with zero attached hydrogens (tertiary/aromatic N) is 1. The van der Waals surface area contributed by atoms with Gasteiger partial charge in [-0.3, -0.25) is 0 Å². The van der Waals surface area contributed by atoms with Crippen LogP contribution in [0.15, 0.2) is 22.7 Å². The lowest BCUT2D eigenvalue weighted by Gasteiger charge is -1.99. The SMILES string of the molecule is Cl.N#Cc1ccc(CN)c(Br)c1. The number of nitrogens with two attached hydrogens (primary N) is 1. The molecule has 0 aromatic heterocycles. The van der Waals surface area contributed by atoms with Crippen molar-refractivity contribution in [2.75, 3.05) is 0 Å². The summed E-state index contributed by atoms with van der Waals surface area (Å²) in [6.07, 6.45) is 0. The summed E-state index contributed by atoms with van der Waals surface area (Å²) in [7, 11) is 0. The highest BCUT2D eigenvalue weighted by molar-refractivity contribution is 9.10. The molecule has 2 nitrogen and oxygen atoms in total. The fourth-order valence-electron chi connectivity index (χ4n) is 0.782. The lowest BCUT2D eigenvalue weighted by molar-refractivity contribution is 1.06. The minimum atomic E-state index is 0. The van der Waals surface area contributed by atoms with Gasteiger partial charge in [0.1, 0.15) is 0 Å². The molecule has 0 heterocycles. The first-order chi connectivity index (χ1) is 5.27. The van der Waals surface area contributed by atoms with Crippen molar-refractivity contribution in [1.29, 1.82) is 5.26 Å². The molecule has 1 aromatic rings. The van der Waals surface area contributed by atoms with Crippen molar-refractivity contribution in [3.05, 3.63) is 33.8 Å². The van der Waals surface area contributed by atoms with Crippen LogP contribution in [0.4, 0.5) is 0 Å². The molecule has 0 amide bonds. The van der Waals surface area contributed by atoms with Crippen molar-refractivity contribution < 1.29 is 0 Å². The molecule has 64 valence electrons. The summed E-state index contributed by atoms with van der Waals surface area (Å²) in [4.78, 5) is 0. The van der Waals surface area contributed by atoms with Gasteiger partial charge in [-0.1, -0.05) is 22.0 Å². The van der Waals surface area contributed by atoms with Gasteiger partial charge in [-0.05, 0) is 17.7 Å². The predicted molar refractivity (Wildman–Crippen MR) is 54.0 cm³/mol. The first-order valence-corrected chi connectivity index (χ1v) is 3.96. The van der Waals surface area contributed by atoms with Crippen LogP contribution in [0, 0.1) is 11.3 Å².